The van der Waals surface area contributed by atoms with Crippen LogP contribution in [0, 0.1) is 0 Å². The molecule has 0 aromatic carbocycles. The Morgan fingerprint density at radius 3 is 1.53 bits per heavy atom. The fraction of sp³-hybridized carbons (Fsp3) is 0.938. The summed E-state index contributed by atoms with van der Waals surface area (Å²) in [4.78, 5) is 10.3. The number of carboxylic acid groups (broad SMARTS) is 1. The molecule has 0 saturated heterocycles. The van der Waals surface area contributed by atoms with Gasteiger partial charge in [0.05, 0.1) is 6.10 Å². The molecule has 0 aromatic heterocycles. The van der Waals surface area contributed by atoms with Gasteiger partial charge in [0.2, 0.25) is 0 Å². The van der Waals surface area contributed by atoms with Crippen LogP contribution in [0.15, 0.2) is 0 Å². The summed E-state index contributed by atoms with van der Waals surface area (Å²) in [5.41, 5.74) is 0. The highest BCUT2D eigenvalue weighted by Crippen LogP contribution is 2.12. The van der Waals surface area contributed by atoms with Crippen LogP contribution in [0.5, 0.6) is 0 Å². The standard InChI is InChI=1S/C16H32O3/c1-15(17)13-11-9-7-5-3-2-4-6-8-10-12-14-16(18)19/h15,17H,2-14H2,1H3,(H,18,19)/t15-/m1/s1. The van der Waals surface area contributed by atoms with Gasteiger partial charge in [0.15, 0.2) is 0 Å². The first-order chi connectivity index (χ1) is 9.13. The number of rotatable bonds is 14. The molecule has 19 heavy (non-hydrogen) atoms. The van der Waals surface area contributed by atoms with Gasteiger partial charge in [-0.25, -0.2) is 0 Å². The Kier molecular flexibility index (Phi) is 13.4. The number of carbonyl (C=O) groups is 1. The van der Waals surface area contributed by atoms with Crippen LogP contribution in [0.2, 0.25) is 0 Å². The number of aliphatic hydroxyl groups is 1. The molecule has 0 aliphatic carbocycles. The molecule has 0 amide bonds. The lowest BCUT2D eigenvalue weighted by molar-refractivity contribution is -0.137. The monoisotopic (exact) mass is 272 g/mol. The number of hydrogen-bond acceptors (Lipinski definition) is 2. The van der Waals surface area contributed by atoms with E-state index in [1.165, 1.54) is 51.4 Å². The average Bonchev–Trinajstić information content (AvgIpc) is 2.34. The van der Waals surface area contributed by atoms with Gasteiger partial charge in [-0.3, -0.25) is 4.79 Å². The van der Waals surface area contributed by atoms with Crippen molar-refractivity contribution in [2.75, 3.05) is 0 Å². The van der Waals surface area contributed by atoms with Gasteiger partial charge < -0.3 is 10.2 Å². The zero-order chi connectivity index (χ0) is 14.3. The molecular formula is C16H32O3. The molecule has 0 unspecified atom stereocenters. The van der Waals surface area contributed by atoms with E-state index in [1.807, 2.05) is 6.92 Å². The molecule has 0 aliphatic heterocycles. The van der Waals surface area contributed by atoms with Crippen LogP contribution < -0.4 is 0 Å². The summed E-state index contributed by atoms with van der Waals surface area (Å²) >= 11 is 0. The highest BCUT2D eigenvalue weighted by atomic mass is 16.4. The van der Waals surface area contributed by atoms with Crippen molar-refractivity contribution in [3.63, 3.8) is 0 Å². The van der Waals surface area contributed by atoms with Crippen LogP contribution >= 0.6 is 0 Å². The molecule has 0 radical (unpaired) electrons. The molecule has 0 aliphatic rings. The second kappa shape index (κ2) is 13.9. The largest absolute Gasteiger partial charge is 0.481 e. The van der Waals surface area contributed by atoms with Gasteiger partial charge in [-0.1, -0.05) is 64.2 Å². The molecule has 114 valence electrons. The normalized spacial score (nSPS) is 12.5. The molecular weight excluding hydrogens is 240 g/mol. The zero-order valence-electron chi connectivity index (χ0n) is 12.6. The molecule has 0 spiro atoms. The van der Waals surface area contributed by atoms with Crippen molar-refractivity contribution < 1.29 is 15.0 Å². The Morgan fingerprint density at radius 1 is 0.789 bits per heavy atom. The molecule has 0 aromatic rings. The van der Waals surface area contributed by atoms with E-state index < -0.39 is 5.97 Å². The number of aliphatic carboxylic acids is 1. The van der Waals surface area contributed by atoms with E-state index in [-0.39, 0.29) is 6.10 Å². The number of unbranched alkanes of at least 4 members (excludes halogenated alkanes) is 10. The Morgan fingerprint density at radius 2 is 1.16 bits per heavy atom. The van der Waals surface area contributed by atoms with Crippen LogP contribution in [0.1, 0.15) is 90.4 Å². The van der Waals surface area contributed by atoms with E-state index in [0.29, 0.717) is 6.42 Å². The Labute approximate surface area is 118 Å². The predicted octanol–water partition coefficient (Wildman–Crippen LogP) is 4.52. The third-order valence-electron chi connectivity index (χ3n) is 3.51. The maximum absolute atomic E-state index is 10.3. The van der Waals surface area contributed by atoms with Crippen LogP contribution in [-0.2, 0) is 4.79 Å². The summed E-state index contributed by atoms with van der Waals surface area (Å²) in [5, 5.41) is 17.6. The molecule has 0 heterocycles. The first-order valence-corrected chi connectivity index (χ1v) is 8.03. The highest BCUT2D eigenvalue weighted by Gasteiger charge is 1.97. The molecule has 3 heteroatoms. The van der Waals surface area contributed by atoms with Crippen LogP contribution in [-0.4, -0.2) is 22.3 Å². The third-order valence-corrected chi connectivity index (χ3v) is 3.51. The smallest absolute Gasteiger partial charge is 0.303 e. The fourth-order valence-electron chi connectivity index (χ4n) is 2.31. The minimum Gasteiger partial charge on any atom is -0.481 e. The lowest BCUT2D eigenvalue weighted by atomic mass is 10.0. The second-order valence-corrected chi connectivity index (χ2v) is 5.67. The van der Waals surface area contributed by atoms with Crippen LogP contribution in [0.4, 0.5) is 0 Å². The van der Waals surface area contributed by atoms with Crippen molar-refractivity contribution in [1.29, 1.82) is 0 Å². The Bertz CT molecular complexity index is 202. The van der Waals surface area contributed by atoms with Gasteiger partial charge in [-0.05, 0) is 19.8 Å². The second-order valence-electron chi connectivity index (χ2n) is 5.67. The van der Waals surface area contributed by atoms with Gasteiger partial charge in [-0.15, -0.1) is 0 Å². The first kappa shape index (κ1) is 18.4. The summed E-state index contributed by atoms with van der Waals surface area (Å²) in [5.74, 6) is -0.671. The van der Waals surface area contributed by atoms with E-state index >= 15 is 0 Å². The van der Waals surface area contributed by atoms with Crippen molar-refractivity contribution in [2.45, 2.75) is 96.5 Å². The Balaban J connectivity index is 2.97. The van der Waals surface area contributed by atoms with Gasteiger partial charge >= 0.3 is 5.97 Å². The number of hydrogen-bond donors (Lipinski definition) is 2. The summed E-state index contributed by atoms with van der Waals surface area (Å²) in [6, 6.07) is 0. The van der Waals surface area contributed by atoms with Gasteiger partial charge in [0, 0.05) is 6.42 Å². The molecule has 0 bridgehead atoms. The van der Waals surface area contributed by atoms with Crippen molar-refractivity contribution in [3.8, 4) is 0 Å². The molecule has 2 N–H and O–H groups in total. The predicted molar refractivity (Wildman–Crippen MR) is 79.3 cm³/mol. The van der Waals surface area contributed by atoms with E-state index in [1.54, 1.807) is 0 Å². The van der Waals surface area contributed by atoms with E-state index in [9.17, 15) is 4.79 Å². The molecule has 0 fully saturated rings. The molecule has 1 atom stereocenters. The topological polar surface area (TPSA) is 57.5 Å². The fourth-order valence-corrected chi connectivity index (χ4v) is 2.31. The SMILES string of the molecule is C[C@@H](O)CCCCCCCCCCCCCC(=O)O. The van der Waals surface area contributed by atoms with Crippen molar-refractivity contribution in [3.05, 3.63) is 0 Å². The lowest BCUT2D eigenvalue weighted by Crippen LogP contribution is -1.98. The minimum absolute atomic E-state index is 0.138. The van der Waals surface area contributed by atoms with Crippen molar-refractivity contribution in [1.82, 2.24) is 0 Å². The number of carboxylic acids is 1. The van der Waals surface area contributed by atoms with Gasteiger partial charge in [0.25, 0.3) is 0 Å². The van der Waals surface area contributed by atoms with Crippen molar-refractivity contribution in [2.24, 2.45) is 0 Å². The average molecular weight is 272 g/mol. The summed E-state index contributed by atoms with van der Waals surface area (Å²) < 4.78 is 0. The highest BCUT2D eigenvalue weighted by molar-refractivity contribution is 5.66. The van der Waals surface area contributed by atoms with Crippen LogP contribution in [0.3, 0.4) is 0 Å². The summed E-state index contributed by atoms with van der Waals surface area (Å²) in [7, 11) is 0. The van der Waals surface area contributed by atoms with Gasteiger partial charge in [0.1, 0.15) is 0 Å². The van der Waals surface area contributed by atoms with E-state index in [0.717, 1.165) is 25.7 Å². The van der Waals surface area contributed by atoms with E-state index in [4.69, 9.17) is 10.2 Å². The quantitative estimate of drug-likeness (QED) is 0.457. The summed E-state index contributed by atoms with van der Waals surface area (Å²) in [6.45, 7) is 1.86. The van der Waals surface area contributed by atoms with Crippen molar-refractivity contribution >= 4 is 5.97 Å². The van der Waals surface area contributed by atoms with Crippen LogP contribution in [0.25, 0.3) is 0 Å². The summed E-state index contributed by atoms with van der Waals surface area (Å²) in [6.07, 6.45) is 14.4. The van der Waals surface area contributed by atoms with Gasteiger partial charge in [-0.2, -0.15) is 0 Å². The number of aliphatic hydroxyl groups excluding tert-OH is 1. The third kappa shape index (κ3) is 17.4. The molecule has 0 saturated carbocycles. The minimum atomic E-state index is -0.671. The zero-order valence-corrected chi connectivity index (χ0v) is 12.6. The molecule has 0 rings (SSSR count). The molecule has 3 nitrogen and oxygen atoms in total. The van der Waals surface area contributed by atoms with E-state index in [2.05, 4.69) is 0 Å². The maximum Gasteiger partial charge on any atom is 0.303 e. The first-order valence-electron chi connectivity index (χ1n) is 8.03. The lowest BCUT2D eigenvalue weighted by Gasteiger charge is -2.04. The Hall–Kier alpha value is -0.570. The maximum atomic E-state index is 10.3.